The molecule has 2 atom stereocenters. The van der Waals surface area contributed by atoms with E-state index >= 15 is 0 Å². The van der Waals surface area contributed by atoms with Gasteiger partial charge in [0, 0.05) is 29.4 Å². The average molecular weight is 216 g/mol. The summed E-state index contributed by atoms with van der Waals surface area (Å²) < 4.78 is 5.27. The van der Waals surface area contributed by atoms with Crippen LogP contribution in [0.4, 0.5) is 0 Å². The smallest absolute Gasteiger partial charge is 0.101 e. The molecule has 2 rings (SSSR count). The van der Waals surface area contributed by atoms with Gasteiger partial charge in [-0.2, -0.15) is 0 Å². The van der Waals surface area contributed by atoms with Gasteiger partial charge in [0.05, 0.1) is 6.26 Å². The average Bonchev–Trinajstić information content (AvgIpc) is 2.75. The summed E-state index contributed by atoms with van der Waals surface area (Å²) in [5.74, 6) is 1.07. The zero-order valence-electron chi connectivity index (χ0n) is 9.55. The summed E-state index contributed by atoms with van der Waals surface area (Å²) in [7, 11) is 0. The SMILES string of the molecule is Cc1cc(C(N)C(C)c2ccccn2)co1. The third-order valence-electron chi connectivity index (χ3n) is 2.83. The summed E-state index contributed by atoms with van der Waals surface area (Å²) in [5, 5.41) is 0. The molecule has 3 heteroatoms. The van der Waals surface area contributed by atoms with Crippen LogP contribution in [-0.2, 0) is 0 Å². The second-order valence-corrected chi connectivity index (χ2v) is 4.06. The molecule has 0 fully saturated rings. The van der Waals surface area contributed by atoms with Crippen LogP contribution in [-0.4, -0.2) is 4.98 Å². The molecule has 0 saturated heterocycles. The van der Waals surface area contributed by atoms with Gasteiger partial charge in [0.15, 0.2) is 0 Å². The van der Waals surface area contributed by atoms with Crippen LogP contribution in [0.15, 0.2) is 41.1 Å². The molecule has 0 radical (unpaired) electrons. The number of nitrogens with two attached hydrogens (primary N) is 1. The molecule has 0 aliphatic rings. The molecule has 0 bridgehead atoms. The normalized spacial score (nSPS) is 14.7. The van der Waals surface area contributed by atoms with E-state index in [0.717, 1.165) is 17.0 Å². The Balaban J connectivity index is 2.19. The molecule has 2 unspecified atom stereocenters. The number of rotatable bonds is 3. The standard InChI is InChI=1S/C13H16N2O/c1-9-7-11(8-16-9)13(14)10(2)12-5-3-4-6-15-12/h3-8,10,13H,14H2,1-2H3. The lowest BCUT2D eigenvalue weighted by molar-refractivity contribution is 0.520. The Morgan fingerprint density at radius 1 is 1.38 bits per heavy atom. The molecule has 3 nitrogen and oxygen atoms in total. The van der Waals surface area contributed by atoms with Crippen LogP contribution in [0.3, 0.4) is 0 Å². The fourth-order valence-corrected chi connectivity index (χ4v) is 1.76. The first-order valence-electron chi connectivity index (χ1n) is 5.40. The van der Waals surface area contributed by atoms with E-state index in [0.29, 0.717) is 0 Å². The molecule has 84 valence electrons. The number of aryl methyl sites for hydroxylation is 1. The lowest BCUT2D eigenvalue weighted by Gasteiger charge is -2.17. The van der Waals surface area contributed by atoms with Crippen molar-refractivity contribution in [1.82, 2.24) is 4.98 Å². The maximum atomic E-state index is 6.18. The van der Waals surface area contributed by atoms with Gasteiger partial charge in [-0.25, -0.2) is 0 Å². The van der Waals surface area contributed by atoms with E-state index < -0.39 is 0 Å². The Morgan fingerprint density at radius 2 is 2.19 bits per heavy atom. The first kappa shape index (κ1) is 10.9. The summed E-state index contributed by atoms with van der Waals surface area (Å²) in [4.78, 5) is 4.32. The van der Waals surface area contributed by atoms with E-state index in [1.54, 1.807) is 12.5 Å². The van der Waals surface area contributed by atoms with Crippen molar-refractivity contribution in [3.63, 3.8) is 0 Å². The van der Waals surface area contributed by atoms with Crippen molar-refractivity contribution < 1.29 is 4.42 Å². The van der Waals surface area contributed by atoms with Gasteiger partial charge in [-0.05, 0) is 25.1 Å². The van der Waals surface area contributed by atoms with E-state index in [4.69, 9.17) is 10.2 Å². The third kappa shape index (κ3) is 2.14. The first-order chi connectivity index (χ1) is 7.68. The van der Waals surface area contributed by atoms with Crippen molar-refractivity contribution in [3.05, 3.63) is 53.7 Å². The fraction of sp³-hybridized carbons (Fsp3) is 0.308. The molecule has 0 amide bonds. The van der Waals surface area contributed by atoms with Crippen molar-refractivity contribution in [1.29, 1.82) is 0 Å². The summed E-state index contributed by atoms with van der Waals surface area (Å²) >= 11 is 0. The van der Waals surface area contributed by atoms with Crippen LogP contribution >= 0.6 is 0 Å². The second-order valence-electron chi connectivity index (χ2n) is 4.06. The summed E-state index contributed by atoms with van der Waals surface area (Å²) in [5.41, 5.74) is 8.22. The van der Waals surface area contributed by atoms with Gasteiger partial charge in [0.1, 0.15) is 5.76 Å². The Bertz CT molecular complexity index is 450. The summed E-state index contributed by atoms with van der Waals surface area (Å²) in [6.07, 6.45) is 3.51. The van der Waals surface area contributed by atoms with Gasteiger partial charge in [-0.1, -0.05) is 13.0 Å². The Morgan fingerprint density at radius 3 is 2.75 bits per heavy atom. The topological polar surface area (TPSA) is 52.0 Å². The van der Waals surface area contributed by atoms with Gasteiger partial charge in [0.2, 0.25) is 0 Å². The zero-order valence-corrected chi connectivity index (χ0v) is 9.55. The van der Waals surface area contributed by atoms with Crippen molar-refractivity contribution in [3.8, 4) is 0 Å². The predicted octanol–water partition coefficient (Wildman–Crippen LogP) is 2.79. The van der Waals surface area contributed by atoms with Crippen LogP contribution in [0, 0.1) is 6.92 Å². The highest BCUT2D eigenvalue weighted by Gasteiger charge is 2.19. The minimum Gasteiger partial charge on any atom is -0.469 e. The van der Waals surface area contributed by atoms with Crippen LogP contribution in [0.25, 0.3) is 0 Å². The Labute approximate surface area is 95.3 Å². The monoisotopic (exact) mass is 216 g/mol. The fourth-order valence-electron chi connectivity index (χ4n) is 1.76. The summed E-state index contributed by atoms with van der Waals surface area (Å²) in [6, 6.07) is 7.78. The minimum absolute atomic E-state index is 0.0765. The Hall–Kier alpha value is -1.61. The predicted molar refractivity (Wildman–Crippen MR) is 63.0 cm³/mol. The van der Waals surface area contributed by atoms with Gasteiger partial charge >= 0.3 is 0 Å². The first-order valence-corrected chi connectivity index (χ1v) is 5.40. The number of nitrogens with zero attached hydrogens (tertiary/aromatic N) is 1. The van der Waals surface area contributed by atoms with Crippen molar-refractivity contribution >= 4 is 0 Å². The molecule has 2 N–H and O–H groups in total. The van der Waals surface area contributed by atoms with Crippen LogP contribution in [0.1, 0.15) is 35.9 Å². The van der Waals surface area contributed by atoms with Crippen LogP contribution < -0.4 is 5.73 Å². The maximum Gasteiger partial charge on any atom is 0.101 e. The van der Waals surface area contributed by atoms with Gasteiger partial charge in [0.25, 0.3) is 0 Å². The van der Waals surface area contributed by atoms with Crippen molar-refractivity contribution in [2.45, 2.75) is 25.8 Å². The molecule has 0 aliphatic heterocycles. The van der Waals surface area contributed by atoms with Gasteiger partial charge < -0.3 is 10.2 Å². The molecule has 2 aromatic rings. The largest absolute Gasteiger partial charge is 0.469 e. The van der Waals surface area contributed by atoms with E-state index in [1.807, 2.05) is 31.2 Å². The lowest BCUT2D eigenvalue weighted by Crippen LogP contribution is -2.17. The molecule has 0 aliphatic carbocycles. The minimum atomic E-state index is -0.0765. The molecule has 2 heterocycles. The summed E-state index contributed by atoms with van der Waals surface area (Å²) in [6.45, 7) is 4.00. The molecule has 2 aromatic heterocycles. The molecular weight excluding hydrogens is 200 g/mol. The highest BCUT2D eigenvalue weighted by atomic mass is 16.3. The lowest BCUT2D eigenvalue weighted by atomic mass is 9.94. The van der Waals surface area contributed by atoms with Gasteiger partial charge in [-0.15, -0.1) is 0 Å². The van der Waals surface area contributed by atoms with Crippen LogP contribution in [0.5, 0.6) is 0 Å². The van der Waals surface area contributed by atoms with E-state index in [9.17, 15) is 0 Å². The number of aromatic nitrogens is 1. The van der Waals surface area contributed by atoms with E-state index in [1.165, 1.54) is 0 Å². The zero-order chi connectivity index (χ0) is 11.5. The molecule has 0 spiro atoms. The molecule has 0 saturated carbocycles. The van der Waals surface area contributed by atoms with Gasteiger partial charge in [-0.3, -0.25) is 4.98 Å². The number of pyridine rings is 1. The number of furan rings is 1. The second kappa shape index (κ2) is 4.49. The highest BCUT2D eigenvalue weighted by Crippen LogP contribution is 2.28. The van der Waals surface area contributed by atoms with Crippen molar-refractivity contribution in [2.75, 3.05) is 0 Å². The number of hydrogen-bond donors (Lipinski definition) is 1. The highest BCUT2D eigenvalue weighted by molar-refractivity contribution is 5.22. The van der Waals surface area contributed by atoms with Crippen molar-refractivity contribution in [2.24, 2.45) is 5.73 Å². The number of hydrogen-bond acceptors (Lipinski definition) is 3. The third-order valence-corrected chi connectivity index (χ3v) is 2.83. The van der Waals surface area contributed by atoms with E-state index in [-0.39, 0.29) is 12.0 Å². The van der Waals surface area contributed by atoms with E-state index in [2.05, 4.69) is 11.9 Å². The Kier molecular flexibility index (Phi) is 3.06. The molecular formula is C13H16N2O. The molecule has 0 aromatic carbocycles. The maximum absolute atomic E-state index is 6.18. The quantitative estimate of drug-likeness (QED) is 0.858. The molecule has 16 heavy (non-hydrogen) atoms. The van der Waals surface area contributed by atoms with Crippen LogP contribution in [0.2, 0.25) is 0 Å².